The first kappa shape index (κ1) is 50.2. The number of primary amides is 1. The van der Waals surface area contributed by atoms with Gasteiger partial charge < -0.3 is 42.5 Å². The molecular weight excluding hydrogens is 823 g/mol. The van der Waals surface area contributed by atoms with Crippen molar-refractivity contribution in [2.24, 2.45) is 16.9 Å². The Morgan fingerprint density at radius 2 is 1.66 bits per heavy atom. The Morgan fingerprint density at radius 1 is 1.00 bits per heavy atom. The van der Waals surface area contributed by atoms with Gasteiger partial charge in [0.15, 0.2) is 0 Å². The molecule has 1 fully saturated rings. The number of thiazole rings is 1. The number of carboxylic acids is 1. The van der Waals surface area contributed by atoms with Crippen LogP contribution in [0.5, 0.6) is 0 Å². The van der Waals surface area contributed by atoms with E-state index in [1.807, 2.05) is 64.4 Å². The van der Waals surface area contributed by atoms with Crippen molar-refractivity contribution in [2.75, 3.05) is 18.4 Å². The van der Waals surface area contributed by atoms with Crippen molar-refractivity contribution in [1.82, 2.24) is 20.5 Å². The number of aliphatic hydroxyl groups excluding tert-OH is 1. The molecular formula is C42H57F4N7O7S. The summed E-state index contributed by atoms with van der Waals surface area (Å²) in [4.78, 5) is 67.4. The Balaban J connectivity index is 0.00000130. The highest BCUT2D eigenvalue weighted by molar-refractivity contribution is 7.13. The van der Waals surface area contributed by atoms with Crippen LogP contribution in [0, 0.1) is 18.2 Å². The van der Waals surface area contributed by atoms with Gasteiger partial charge in [0, 0.05) is 38.4 Å². The molecule has 0 saturated carbocycles. The van der Waals surface area contributed by atoms with Crippen LogP contribution < -0.4 is 27.4 Å². The van der Waals surface area contributed by atoms with Gasteiger partial charge in [0.1, 0.15) is 17.9 Å². The second-order valence-corrected chi connectivity index (χ2v) is 17.0. The maximum atomic E-state index is 15.1. The zero-order valence-corrected chi connectivity index (χ0v) is 35.8. The number of β-amino-alcohol motifs (C(OH)–C–C–N with tert-alkyl or cyclic N) is 1. The van der Waals surface area contributed by atoms with Crippen LogP contribution in [0.2, 0.25) is 0 Å². The number of likely N-dealkylation sites (tertiary alicyclic amines) is 1. The molecule has 0 spiro atoms. The van der Waals surface area contributed by atoms with Crippen molar-refractivity contribution in [2.45, 2.75) is 122 Å². The van der Waals surface area contributed by atoms with Gasteiger partial charge >= 0.3 is 12.1 Å². The lowest BCUT2D eigenvalue weighted by atomic mass is 9.85. The van der Waals surface area contributed by atoms with Crippen LogP contribution in [0.1, 0.15) is 95.5 Å². The van der Waals surface area contributed by atoms with Gasteiger partial charge in [0.25, 0.3) is 0 Å². The predicted molar refractivity (Wildman–Crippen MR) is 224 cm³/mol. The minimum atomic E-state index is -5.08. The molecule has 2 aromatic carbocycles. The number of aromatic nitrogens is 1. The number of nitrogens with one attached hydrogen (secondary N) is 3. The van der Waals surface area contributed by atoms with E-state index in [2.05, 4.69) is 20.9 Å². The lowest BCUT2D eigenvalue weighted by Gasteiger charge is -2.35. The summed E-state index contributed by atoms with van der Waals surface area (Å²) in [7, 11) is 0. The van der Waals surface area contributed by atoms with E-state index in [1.165, 1.54) is 4.90 Å². The van der Waals surface area contributed by atoms with Gasteiger partial charge in [-0.3, -0.25) is 19.2 Å². The summed E-state index contributed by atoms with van der Waals surface area (Å²) in [6.45, 7) is 9.69. The maximum Gasteiger partial charge on any atom is 0.490 e. The summed E-state index contributed by atoms with van der Waals surface area (Å²) in [5.74, 6) is -4.61. The zero-order valence-electron chi connectivity index (χ0n) is 35.0. The number of benzene rings is 2. The highest BCUT2D eigenvalue weighted by atomic mass is 32.1. The summed E-state index contributed by atoms with van der Waals surface area (Å²) in [6.07, 6.45) is -2.74. The number of aryl methyl sites for hydroxylation is 2. The first-order valence-corrected chi connectivity index (χ1v) is 20.8. The lowest BCUT2D eigenvalue weighted by molar-refractivity contribution is -0.192. The zero-order chi connectivity index (χ0) is 45.7. The molecule has 61 heavy (non-hydrogen) atoms. The van der Waals surface area contributed by atoms with Crippen LogP contribution in [0.25, 0.3) is 10.4 Å². The van der Waals surface area contributed by atoms with Gasteiger partial charge in [-0.15, -0.1) is 11.3 Å². The summed E-state index contributed by atoms with van der Waals surface area (Å²) in [5, 5.41) is 26.6. The molecule has 1 aliphatic heterocycles. The molecule has 4 rings (SSSR count). The standard InChI is InChI=1S/C40H56FN7O5S.C2HF3O2/c1-24(26-14-16-28(17-15-26)36-25(2)45-23-54-36)46-38(52)32-20-30(49)22-48(32)39(53)37(40(3,4)5)47-34(51)13-8-6-7-10-27-11-9-12-31(35(27)41)44-21-29(42)18-19-33(43)50;3-2(4,5)1(6)7/h9,11-12,14-17,23-24,29-30,32,37,44,49H,6-8,10,13,18-22,42H2,1-5H3,(H2,43,50)(H,46,52)(H,47,51);(H,6,7)/t24-,29?,30+,32-,37+;/m0./s1. The van der Waals surface area contributed by atoms with Crippen molar-refractivity contribution in [1.29, 1.82) is 0 Å². The van der Waals surface area contributed by atoms with Crippen LogP contribution in [0.3, 0.4) is 0 Å². The summed E-state index contributed by atoms with van der Waals surface area (Å²) in [6, 6.07) is 10.6. The Kier molecular flexibility index (Phi) is 18.6. The smallest absolute Gasteiger partial charge is 0.475 e. The van der Waals surface area contributed by atoms with E-state index in [0.717, 1.165) is 21.7 Å². The number of carbonyl (C=O) groups is 5. The van der Waals surface area contributed by atoms with Gasteiger partial charge in [-0.05, 0) is 67.7 Å². The lowest BCUT2D eigenvalue weighted by Crippen LogP contribution is -2.57. The van der Waals surface area contributed by atoms with Gasteiger partial charge in [-0.25, -0.2) is 14.2 Å². The number of aliphatic carboxylic acids is 1. The number of anilines is 1. The summed E-state index contributed by atoms with van der Waals surface area (Å²) in [5.41, 5.74) is 16.1. The Bertz CT molecular complexity index is 1960. The van der Waals surface area contributed by atoms with E-state index in [-0.39, 0.29) is 55.5 Å². The Hall–Kier alpha value is -5.14. The van der Waals surface area contributed by atoms with Crippen molar-refractivity contribution in [3.63, 3.8) is 0 Å². The van der Waals surface area contributed by atoms with E-state index in [4.69, 9.17) is 21.4 Å². The molecule has 1 unspecified atom stereocenters. The molecule has 1 aliphatic rings. The molecule has 5 atom stereocenters. The topological polar surface area (TPSA) is 230 Å². The number of unbranched alkanes of at least 4 members (excludes halogenated alkanes) is 2. The first-order valence-electron chi connectivity index (χ1n) is 19.9. The van der Waals surface area contributed by atoms with Crippen molar-refractivity contribution in [3.8, 4) is 10.4 Å². The summed E-state index contributed by atoms with van der Waals surface area (Å²) < 4.78 is 46.9. The maximum absolute atomic E-state index is 15.1. The fourth-order valence-electron chi connectivity index (χ4n) is 6.61. The molecule has 3 aromatic rings. The third-order valence-electron chi connectivity index (χ3n) is 10.0. The number of rotatable bonds is 18. The van der Waals surface area contributed by atoms with E-state index in [1.54, 1.807) is 29.5 Å². The molecule has 19 heteroatoms. The number of aliphatic hydroxyl groups is 1. The first-order chi connectivity index (χ1) is 28.5. The molecule has 4 amide bonds. The normalized spacial score (nSPS) is 16.7. The number of carbonyl (C=O) groups excluding carboxylic acids is 4. The minimum Gasteiger partial charge on any atom is -0.475 e. The number of nitrogens with two attached hydrogens (primary N) is 2. The van der Waals surface area contributed by atoms with Crippen molar-refractivity contribution >= 4 is 46.6 Å². The van der Waals surface area contributed by atoms with E-state index in [0.29, 0.717) is 49.9 Å². The summed E-state index contributed by atoms with van der Waals surface area (Å²) >= 11 is 1.57. The molecule has 1 saturated heterocycles. The van der Waals surface area contributed by atoms with E-state index >= 15 is 4.39 Å². The third-order valence-corrected chi connectivity index (χ3v) is 11.0. The molecule has 14 nitrogen and oxygen atoms in total. The Morgan fingerprint density at radius 3 is 2.23 bits per heavy atom. The highest BCUT2D eigenvalue weighted by Gasteiger charge is 2.44. The number of hydrogen-bond donors (Lipinski definition) is 7. The molecule has 0 aliphatic carbocycles. The van der Waals surface area contributed by atoms with E-state index < -0.39 is 47.6 Å². The van der Waals surface area contributed by atoms with Crippen LogP contribution in [-0.2, 0) is 30.4 Å². The number of alkyl halides is 3. The van der Waals surface area contributed by atoms with Crippen molar-refractivity contribution in [3.05, 3.63) is 70.6 Å². The fourth-order valence-corrected chi connectivity index (χ4v) is 7.42. The predicted octanol–water partition coefficient (Wildman–Crippen LogP) is 5.37. The molecule has 0 radical (unpaired) electrons. The van der Waals surface area contributed by atoms with E-state index in [9.17, 15) is 37.5 Å². The van der Waals surface area contributed by atoms with Crippen LogP contribution in [0.15, 0.2) is 48.0 Å². The second-order valence-electron chi connectivity index (χ2n) is 16.2. The molecule has 336 valence electrons. The minimum absolute atomic E-state index is 0.00791. The van der Waals surface area contributed by atoms with Gasteiger partial charge in [0.2, 0.25) is 23.6 Å². The average Bonchev–Trinajstić information content (AvgIpc) is 3.80. The molecule has 9 N–H and O–H groups in total. The number of hydrogen-bond acceptors (Lipinski definition) is 10. The third kappa shape index (κ3) is 15.7. The molecule has 1 aromatic heterocycles. The van der Waals surface area contributed by atoms with Crippen molar-refractivity contribution < 1.29 is 51.7 Å². The highest BCUT2D eigenvalue weighted by Crippen LogP contribution is 2.30. The number of nitrogens with zero attached hydrogens (tertiary/aromatic N) is 2. The largest absolute Gasteiger partial charge is 0.490 e. The van der Waals surface area contributed by atoms with Gasteiger partial charge in [-0.2, -0.15) is 13.2 Å². The van der Waals surface area contributed by atoms with Crippen LogP contribution in [-0.4, -0.2) is 93.2 Å². The van der Waals surface area contributed by atoms with Crippen LogP contribution in [0.4, 0.5) is 23.2 Å². The number of halogens is 4. The quantitative estimate of drug-likeness (QED) is 0.0638. The van der Waals surface area contributed by atoms with Gasteiger partial charge in [0.05, 0.1) is 33.9 Å². The monoisotopic (exact) mass is 879 g/mol. The van der Waals surface area contributed by atoms with Crippen LogP contribution >= 0.6 is 11.3 Å². The SMILES string of the molecule is Cc1ncsc1-c1ccc([C@H](C)NC(=O)[C@@H]2C[C@@H](O)CN2C(=O)[C@@H](NC(=O)CCCCCc2cccc(NCC(N)CCC(N)=O)c2F)C(C)(C)C)cc1.O=C(O)C(F)(F)F. The number of amides is 4. The fraction of sp³-hybridized carbons (Fsp3) is 0.524. The average molecular weight is 880 g/mol. The number of carboxylic acid groups (broad SMARTS) is 1. The molecule has 2 heterocycles. The second kappa shape index (κ2) is 22.6. The van der Waals surface area contributed by atoms with Gasteiger partial charge in [-0.1, -0.05) is 63.6 Å². The molecule has 0 bridgehead atoms. The Labute approximate surface area is 356 Å².